The van der Waals surface area contributed by atoms with Gasteiger partial charge in [0.1, 0.15) is 11.9 Å². The van der Waals surface area contributed by atoms with E-state index in [0.717, 1.165) is 0 Å². The largest absolute Gasteiger partial charge is 0.443 e. The van der Waals surface area contributed by atoms with Crippen molar-refractivity contribution in [1.82, 2.24) is 9.80 Å². The molecule has 7 heteroatoms. The number of nitrogens with two attached hydrogens (primary N) is 1. The lowest BCUT2D eigenvalue weighted by Crippen LogP contribution is -2.40. The smallest absolute Gasteiger partial charge is 0.410 e. The first kappa shape index (κ1) is 14.3. The van der Waals surface area contributed by atoms with Gasteiger partial charge in [0.15, 0.2) is 0 Å². The third-order valence-corrected chi connectivity index (χ3v) is 4.05. The topological polar surface area (TPSA) is 68.0 Å². The molecule has 1 amide bonds. The van der Waals surface area contributed by atoms with E-state index >= 15 is 0 Å². The van der Waals surface area contributed by atoms with Crippen molar-refractivity contribution in [2.75, 3.05) is 39.4 Å². The SMILES string of the molecule is NC[C@H]1CN(C2C=C(F)C(N3CCOCC3)=CC2)C(=O)O1. The molecule has 2 fully saturated rings. The Kier molecular flexibility index (Phi) is 4.12. The third-order valence-electron chi connectivity index (χ3n) is 4.05. The Hall–Kier alpha value is -1.60. The first-order chi connectivity index (χ1) is 10.2. The second kappa shape index (κ2) is 6.03. The first-order valence-corrected chi connectivity index (χ1v) is 7.27. The van der Waals surface area contributed by atoms with Crippen molar-refractivity contribution >= 4 is 6.09 Å². The molecular formula is C14H20FN3O3. The van der Waals surface area contributed by atoms with Crippen LogP contribution in [0.25, 0.3) is 0 Å². The van der Waals surface area contributed by atoms with Crippen LogP contribution in [-0.4, -0.2) is 67.4 Å². The maximum Gasteiger partial charge on any atom is 0.410 e. The van der Waals surface area contributed by atoms with E-state index in [1.165, 1.54) is 6.08 Å². The van der Waals surface area contributed by atoms with Crippen LogP contribution in [0.5, 0.6) is 0 Å². The normalized spacial score (nSPS) is 30.1. The molecule has 6 nitrogen and oxygen atoms in total. The monoisotopic (exact) mass is 297 g/mol. The number of hydrogen-bond donors (Lipinski definition) is 1. The Morgan fingerprint density at radius 2 is 2.14 bits per heavy atom. The molecule has 2 atom stereocenters. The van der Waals surface area contributed by atoms with Gasteiger partial charge in [-0.1, -0.05) is 6.08 Å². The van der Waals surface area contributed by atoms with E-state index in [1.54, 1.807) is 4.90 Å². The highest BCUT2D eigenvalue weighted by molar-refractivity contribution is 5.71. The van der Waals surface area contributed by atoms with Gasteiger partial charge >= 0.3 is 6.09 Å². The van der Waals surface area contributed by atoms with Crippen molar-refractivity contribution in [3.8, 4) is 0 Å². The van der Waals surface area contributed by atoms with E-state index in [-0.39, 0.29) is 24.5 Å². The molecule has 0 aromatic heterocycles. The van der Waals surface area contributed by atoms with Crippen molar-refractivity contribution in [1.29, 1.82) is 0 Å². The third kappa shape index (κ3) is 2.89. The lowest BCUT2D eigenvalue weighted by atomic mass is 10.0. The second-order valence-electron chi connectivity index (χ2n) is 5.40. The van der Waals surface area contributed by atoms with E-state index in [9.17, 15) is 9.18 Å². The molecule has 1 unspecified atom stereocenters. The Balaban J connectivity index is 1.67. The van der Waals surface area contributed by atoms with Crippen molar-refractivity contribution in [2.24, 2.45) is 5.73 Å². The number of ether oxygens (including phenoxy) is 2. The number of carbonyl (C=O) groups is 1. The standard InChI is InChI=1S/C14H20FN3O3/c15-12-7-10(18-9-11(8-16)21-14(18)19)1-2-13(12)17-3-5-20-6-4-17/h2,7,10-11H,1,3-6,8-9,16H2/t10?,11-/m0/s1. The highest BCUT2D eigenvalue weighted by Gasteiger charge is 2.36. The number of morpholine rings is 1. The summed E-state index contributed by atoms with van der Waals surface area (Å²) < 4.78 is 24.7. The van der Waals surface area contributed by atoms with Crippen LogP contribution in [0.1, 0.15) is 6.42 Å². The highest BCUT2D eigenvalue weighted by atomic mass is 19.1. The van der Waals surface area contributed by atoms with Gasteiger partial charge in [0.05, 0.1) is 31.5 Å². The predicted molar refractivity (Wildman–Crippen MR) is 74.1 cm³/mol. The van der Waals surface area contributed by atoms with Gasteiger partial charge < -0.3 is 20.1 Å². The quantitative estimate of drug-likeness (QED) is 0.826. The molecule has 116 valence electrons. The highest BCUT2D eigenvalue weighted by Crippen LogP contribution is 2.28. The van der Waals surface area contributed by atoms with Crippen LogP contribution in [0.4, 0.5) is 9.18 Å². The zero-order valence-electron chi connectivity index (χ0n) is 11.8. The van der Waals surface area contributed by atoms with Crippen LogP contribution in [-0.2, 0) is 9.47 Å². The van der Waals surface area contributed by atoms with Gasteiger partial charge in [0.2, 0.25) is 0 Å². The molecule has 3 aliphatic rings. The molecular weight excluding hydrogens is 277 g/mol. The van der Waals surface area contributed by atoms with E-state index in [0.29, 0.717) is 45.0 Å². The molecule has 0 aromatic rings. The molecule has 2 saturated heterocycles. The molecule has 0 radical (unpaired) electrons. The lowest BCUT2D eigenvalue weighted by Gasteiger charge is -2.33. The number of amides is 1. The van der Waals surface area contributed by atoms with Gasteiger partial charge in [0, 0.05) is 19.6 Å². The first-order valence-electron chi connectivity index (χ1n) is 7.27. The van der Waals surface area contributed by atoms with Crippen molar-refractivity contribution < 1.29 is 18.7 Å². The number of halogens is 1. The van der Waals surface area contributed by atoms with Gasteiger partial charge in [-0.2, -0.15) is 0 Å². The zero-order valence-corrected chi connectivity index (χ0v) is 11.8. The van der Waals surface area contributed by atoms with Crippen molar-refractivity contribution in [2.45, 2.75) is 18.6 Å². The summed E-state index contributed by atoms with van der Waals surface area (Å²) in [6, 6.07) is -0.293. The minimum Gasteiger partial charge on any atom is -0.443 e. The summed E-state index contributed by atoms with van der Waals surface area (Å²) >= 11 is 0. The van der Waals surface area contributed by atoms with E-state index < -0.39 is 6.09 Å². The van der Waals surface area contributed by atoms with E-state index in [1.807, 2.05) is 11.0 Å². The Bertz CT molecular complexity index is 474. The van der Waals surface area contributed by atoms with Gasteiger partial charge in [-0.25, -0.2) is 9.18 Å². The minimum atomic E-state index is -0.414. The number of nitrogens with zero attached hydrogens (tertiary/aromatic N) is 2. The maximum atomic E-state index is 14.3. The summed E-state index contributed by atoms with van der Waals surface area (Å²) in [5.41, 5.74) is 6.12. The van der Waals surface area contributed by atoms with Crippen molar-refractivity contribution in [3.05, 3.63) is 23.7 Å². The zero-order chi connectivity index (χ0) is 14.8. The number of rotatable bonds is 3. The molecule has 21 heavy (non-hydrogen) atoms. The number of carbonyl (C=O) groups excluding carboxylic acids is 1. The fourth-order valence-corrected chi connectivity index (χ4v) is 2.89. The van der Waals surface area contributed by atoms with Gasteiger partial charge in [-0.3, -0.25) is 4.90 Å². The predicted octanol–water partition coefficient (Wildman–Crippen LogP) is 0.608. The van der Waals surface area contributed by atoms with Gasteiger partial charge in [-0.15, -0.1) is 0 Å². The molecule has 0 saturated carbocycles. The van der Waals surface area contributed by atoms with E-state index in [4.69, 9.17) is 15.2 Å². The molecule has 2 N–H and O–H groups in total. The summed E-state index contributed by atoms with van der Waals surface area (Å²) in [5, 5.41) is 0. The fraction of sp³-hybridized carbons (Fsp3) is 0.643. The van der Waals surface area contributed by atoms with Crippen LogP contribution in [0.2, 0.25) is 0 Å². The van der Waals surface area contributed by atoms with Crippen molar-refractivity contribution in [3.63, 3.8) is 0 Å². The summed E-state index contributed by atoms with van der Waals surface area (Å²) in [4.78, 5) is 15.3. The number of cyclic esters (lactones) is 1. The van der Waals surface area contributed by atoms with E-state index in [2.05, 4.69) is 0 Å². The summed E-state index contributed by atoms with van der Waals surface area (Å²) in [5.74, 6) is -0.280. The Morgan fingerprint density at radius 1 is 1.38 bits per heavy atom. The molecule has 3 rings (SSSR count). The second-order valence-corrected chi connectivity index (χ2v) is 5.40. The molecule has 2 aliphatic heterocycles. The summed E-state index contributed by atoms with van der Waals surface area (Å²) in [6.07, 6.45) is 3.24. The molecule has 0 aromatic carbocycles. The summed E-state index contributed by atoms with van der Waals surface area (Å²) in [7, 11) is 0. The number of hydrogen-bond acceptors (Lipinski definition) is 5. The van der Waals surface area contributed by atoms with Crippen LogP contribution >= 0.6 is 0 Å². The molecule has 2 heterocycles. The Morgan fingerprint density at radius 3 is 2.76 bits per heavy atom. The molecule has 0 spiro atoms. The van der Waals surface area contributed by atoms with Crippen LogP contribution in [0.15, 0.2) is 23.7 Å². The van der Waals surface area contributed by atoms with Gasteiger partial charge in [-0.05, 0) is 12.5 Å². The van der Waals surface area contributed by atoms with Crippen LogP contribution in [0, 0.1) is 0 Å². The summed E-state index contributed by atoms with van der Waals surface area (Å²) in [6.45, 7) is 3.33. The Labute approximate surface area is 123 Å². The maximum absolute atomic E-state index is 14.3. The van der Waals surface area contributed by atoms with Crippen LogP contribution in [0.3, 0.4) is 0 Å². The van der Waals surface area contributed by atoms with Gasteiger partial charge in [0.25, 0.3) is 0 Å². The number of allylic oxidation sites excluding steroid dienone is 1. The average molecular weight is 297 g/mol. The lowest BCUT2D eigenvalue weighted by molar-refractivity contribution is 0.0529. The fourth-order valence-electron chi connectivity index (χ4n) is 2.89. The average Bonchev–Trinajstić information content (AvgIpc) is 2.89. The molecule has 1 aliphatic carbocycles. The van der Waals surface area contributed by atoms with Crippen LogP contribution < -0.4 is 5.73 Å². The molecule has 0 bridgehead atoms. The minimum absolute atomic E-state index is 0.280.